The van der Waals surface area contributed by atoms with Gasteiger partial charge in [-0.25, -0.2) is 5.43 Å². The van der Waals surface area contributed by atoms with Crippen LogP contribution in [0.15, 0.2) is 10.7 Å². The van der Waals surface area contributed by atoms with Gasteiger partial charge < -0.3 is 9.64 Å². The second-order valence-corrected chi connectivity index (χ2v) is 5.55. The Morgan fingerprint density at radius 2 is 2.32 bits per heavy atom. The Kier molecular flexibility index (Phi) is 7.55. The number of halogens is 1. The molecule has 7 heteroatoms. The zero-order valence-corrected chi connectivity index (χ0v) is 13.5. The van der Waals surface area contributed by atoms with E-state index in [9.17, 15) is 0 Å². The van der Waals surface area contributed by atoms with E-state index in [0.29, 0.717) is 6.61 Å². The van der Waals surface area contributed by atoms with Gasteiger partial charge in [0.15, 0.2) is 0 Å². The van der Waals surface area contributed by atoms with Crippen molar-refractivity contribution in [3.63, 3.8) is 0 Å². The molecule has 0 fully saturated rings. The average Bonchev–Trinajstić information content (AvgIpc) is 2.74. The molecule has 1 unspecified atom stereocenters. The Hall–Kier alpha value is -0.470. The van der Waals surface area contributed by atoms with Crippen LogP contribution < -0.4 is 11.3 Å². The van der Waals surface area contributed by atoms with Gasteiger partial charge in [-0.3, -0.25) is 10.5 Å². The molecule has 0 aliphatic carbocycles. The molecule has 0 aromatic carbocycles. The Bertz CT molecular complexity index is 369. The highest BCUT2D eigenvalue weighted by Gasteiger charge is 2.19. The zero-order chi connectivity index (χ0) is 14.3. The van der Waals surface area contributed by atoms with Crippen LogP contribution in [-0.2, 0) is 11.3 Å². The second-order valence-electron chi connectivity index (χ2n) is 4.70. The van der Waals surface area contributed by atoms with Crippen molar-refractivity contribution in [1.82, 2.24) is 20.1 Å². The van der Waals surface area contributed by atoms with E-state index in [2.05, 4.69) is 38.3 Å². The fourth-order valence-corrected chi connectivity index (χ4v) is 2.32. The van der Waals surface area contributed by atoms with Crippen LogP contribution >= 0.6 is 15.9 Å². The third kappa shape index (κ3) is 5.19. The molecule has 6 nitrogen and oxygen atoms in total. The molecule has 0 aliphatic rings. The van der Waals surface area contributed by atoms with E-state index >= 15 is 0 Å². The molecule has 1 heterocycles. The van der Waals surface area contributed by atoms with Crippen LogP contribution in [-0.4, -0.2) is 48.5 Å². The molecule has 0 spiro atoms. The van der Waals surface area contributed by atoms with E-state index in [-0.39, 0.29) is 6.04 Å². The topological polar surface area (TPSA) is 68.3 Å². The molecule has 0 radical (unpaired) electrons. The van der Waals surface area contributed by atoms with Crippen LogP contribution in [0, 0.1) is 0 Å². The van der Waals surface area contributed by atoms with Gasteiger partial charge in [-0.15, -0.1) is 0 Å². The Morgan fingerprint density at radius 3 is 2.89 bits per heavy atom. The quantitative estimate of drug-likeness (QED) is 0.403. The van der Waals surface area contributed by atoms with E-state index in [0.717, 1.165) is 36.3 Å². The molecule has 19 heavy (non-hydrogen) atoms. The van der Waals surface area contributed by atoms with Crippen LogP contribution in [0.2, 0.25) is 0 Å². The fraction of sp³-hybridized carbons (Fsp3) is 0.750. The van der Waals surface area contributed by atoms with Crippen molar-refractivity contribution in [2.75, 3.05) is 33.9 Å². The molecule has 110 valence electrons. The number of rotatable bonds is 9. The monoisotopic (exact) mass is 333 g/mol. The fourth-order valence-electron chi connectivity index (χ4n) is 1.74. The van der Waals surface area contributed by atoms with Gasteiger partial charge >= 0.3 is 0 Å². The molecule has 1 atom stereocenters. The lowest BCUT2D eigenvalue weighted by atomic mass is 10.2. The molecule has 1 aromatic rings. The van der Waals surface area contributed by atoms with E-state index in [1.54, 1.807) is 6.20 Å². The lowest BCUT2D eigenvalue weighted by Gasteiger charge is -2.19. The van der Waals surface area contributed by atoms with Crippen molar-refractivity contribution in [2.24, 2.45) is 5.84 Å². The zero-order valence-electron chi connectivity index (χ0n) is 11.9. The molecular formula is C12H24BrN5O. The maximum Gasteiger partial charge on any atom is 0.0873 e. The second kappa shape index (κ2) is 8.65. The summed E-state index contributed by atoms with van der Waals surface area (Å²) in [4.78, 5) is 2.12. The maximum atomic E-state index is 5.64. The van der Waals surface area contributed by atoms with Gasteiger partial charge in [-0.2, -0.15) is 5.10 Å². The summed E-state index contributed by atoms with van der Waals surface area (Å²) in [6.45, 7) is 5.11. The molecule has 0 aliphatic heterocycles. The average molecular weight is 334 g/mol. The number of hydrogen-bond acceptors (Lipinski definition) is 5. The van der Waals surface area contributed by atoms with Crippen LogP contribution in [0.25, 0.3) is 0 Å². The summed E-state index contributed by atoms with van der Waals surface area (Å²) in [5.41, 5.74) is 3.83. The number of likely N-dealkylation sites (N-methyl/N-ethyl adjacent to an activating group) is 1. The Morgan fingerprint density at radius 1 is 1.58 bits per heavy atom. The van der Waals surface area contributed by atoms with Gasteiger partial charge in [-0.05, 0) is 36.4 Å². The summed E-state index contributed by atoms with van der Waals surface area (Å²) < 4.78 is 8.50. The molecule has 1 aromatic heterocycles. The van der Waals surface area contributed by atoms with Gasteiger partial charge in [0, 0.05) is 13.2 Å². The van der Waals surface area contributed by atoms with Crippen molar-refractivity contribution >= 4 is 15.9 Å². The molecular weight excluding hydrogens is 310 g/mol. The van der Waals surface area contributed by atoms with Crippen LogP contribution in [0.3, 0.4) is 0 Å². The number of nitrogens with two attached hydrogens (primary N) is 1. The van der Waals surface area contributed by atoms with Gasteiger partial charge in [0.2, 0.25) is 0 Å². The van der Waals surface area contributed by atoms with Crippen molar-refractivity contribution in [3.05, 3.63) is 16.4 Å². The predicted octanol–water partition coefficient (Wildman–Crippen LogP) is 1.14. The minimum Gasteiger partial charge on any atom is -0.379 e. The van der Waals surface area contributed by atoms with Crippen molar-refractivity contribution in [2.45, 2.75) is 25.9 Å². The first-order valence-corrected chi connectivity index (χ1v) is 7.29. The number of hydrogen-bond donors (Lipinski definition) is 2. The van der Waals surface area contributed by atoms with E-state index in [1.807, 2.05) is 18.8 Å². The minimum absolute atomic E-state index is 0.0643. The van der Waals surface area contributed by atoms with E-state index in [4.69, 9.17) is 10.6 Å². The van der Waals surface area contributed by atoms with Crippen LogP contribution in [0.4, 0.5) is 0 Å². The third-order valence-electron chi connectivity index (χ3n) is 2.76. The summed E-state index contributed by atoms with van der Waals surface area (Å²) in [7, 11) is 4.09. The standard InChI is InChI=1S/C12H24BrN5O/c1-4-7-19-9-11(16-14)12-10(13)8-15-18(12)6-5-17(2)3/h8,11,16H,4-7,9,14H2,1-3H3. The highest BCUT2D eigenvalue weighted by atomic mass is 79.9. The SMILES string of the molecule is CCCOCC(NN)c1c(Br)cnn1CCN(C)C. The highest BCUT2D eigenvalue weighted by Crippen LogP contribution is 2.23. The largest absolute Gasteiger partial charge is 0.379 e. The number of aromatic nitrogens is 2. The van der Waals surface area contributed by atoms with E-state index < -0.39 is 0 Å². The van der Waals surface area contributed by atoms with Gasteiger partial charge in [-0.1, -0.05) is 6.92 Å². The molecule has 0 bridgehead atoms. The predicted molar refractivity (Wildman–Crippen MR) is 79.7 cm³/mol. The smallest absolute Gasteiger partial charge is 0.0873 e. The Balaban J connectivity index is 2.74. The number of nitrogens with zero attached hydrogens (tertiary/aromatic N) is 3. The summed E-state index contributed by atoms with van der Waals surface area (Å²) >= 11 is 3.53. The third-order valence-corrected chi connectivity index (χ3v) is 3.37. The first kappa shape index (κ1) is 16.6. The van der Waals surface area contributed by atoms with Gasteiger partial charge in [0.05, 0.1) is 35.6 Å². The molecule has 0 saturated carbocycles. The summed E-state index contributed by atoms with van der Waals surface area (Å²) in [6, 6.07) is -0.0643. The van der Waals surface area contributed by atoms with Crippen molar-refractivity contribution in [1.29, 1.82) is 0 Å². The van der Waals surface area contributed by atoms with Gasteiger partial charge in [0.25, 0.3) is 0 Å². The van der Waals surface area contributed by atoms with Crippen molar-refractivity contribution < 1.29 is 4.74 Å². The molecule has 0 amide bonds. The summed E-state index contributed by atoms with van der Waals surface area (Å²) in [5, 5.41) is 4.38. The lowest BCUT2D eigenvalue weighted by Crippen LogP contribution is -2.34. The first-order valence-electron chi connectivity index (χ1n) is 6.50. The number of hydrazine groups is 1. The summed E-state index contributed by atoms with van der Waals surface area (Å²) in [5.74, 6) is 5.64. The molecule has 1 rings (SSSR count). The molecule has 3 N–H and O–H groups in total. The maximum absolute atomic E-state index is 5.64. The molecule has 0 saturated heterocycles. The number of ether oxygens (including phenoxy) is 1. The van der Waals surface area contributed by atoms with Crippen LogP contribution in [0.5, 0.6) is 0 Å². The lowest BCUT2D eigenvalue weighted by molar-refractivity contribution is 0.109. The summed E-state index contributed by atoms with van der Waals surface area (Å²) in [6.07, 6.45) is 2.80. The Labute approximate surface area is 123 Å². The highest BCUT2D eigenvalue weighted by molar-refractivity contribution is 9.10. The van der Waals surface area contributed by atoms with E-state index in [1.165, 1.54) is 0 Å². The minimum atomic E-state index is -0.0643. The van der Waals surface area contributed by atoms with Gasteiger partial charge in [0.1, 0.15) is 0 Å². The number of nitrogens with one attached hydrogen (secondary N) is 1. The van der Waals surface area contributed by atoms with Crippen LogP contribution in [0.1, 0.15) is 25.1 Å². The first-order chi connectivity index (χ1) is 9.10. The normalized spacial score (nSPS) is 13.2. The van der Waals surface area contributed by atoms with Crippen molar-refractivity contribution in [3.8, 4) is 0 Å².